The minimum absolute atomic E-state index is 0.377. The molecular formula is C15H22N4O2S. The molecule has 0 bridgehead atoms. The molecule has 7 heteroatoms. The van der Waals surface area contributed by atoms with Gasteiger partial charge >= 0.3 is 0 Å². The van der Waals surface area contributed by atoms with E-state index in [2.05, 4.69) is 15.8 Å². The van der Waals surface area contributed by atoms with Crippen molar-refractivity contribution >= 4 is 21.1 Å². The van der Waals surface area contributed by atoms with E-state index in [0.717, 1.165) is 22.9 Å². The van der Waals surface area contributed by atoms with Gasteiger partial charge in [0.05, 0.1) is 0 Å². The second-order valence-electron chi connectivity index (χ2n) is 6.49. The number of fused-ring (bicyclic) bond motifs is 1. The van der Waals surface area contributed by atoms with Crippen LogP contribution in [0, 0.1) is 0 Å². The molecule has 1 fully saturated rings. The van der Waals surface area contributed by atoms with Crippen LogP contribution in [0.2, 0.25) is 0 Å². The lowest BCUT2D eigenvalue weighted by atomic mass is 10.1. The molecule has 1 saturated heterocycles. The predicted octanol–water partition coefficient (Wildman–Crippen LogP) is 1.10. The molecule has 1 aliphatic heterocycles. The van der Waals surface area contributed by atoms with Gasteiger partial charge in [-0.15, -0.1) is 0 Å². The number of aromatic nitrogens is 1. The number of hydrogen-bond acceptors (Lipinski definition) is 3. The molecule has 0 saturated carbocycles. The lowest BCUT2D eigenvalue weighted by Crippen LogP contribution is -2.36. The van der Waals surface area contributed by atoms with Gasteiger partial charge in [0, 0.05) is 35.7 Å². The summed E-state index contributed by atoms with van der Waals surface area (Å²) in [6, 6.07) is 6.01. The summed E-state index contributed by atoms with van der Waals surface area (Å²) >= 11 is 0. The highest BCUT2D eigenvalue weighted by molar-refractivity contribution is 7.87. The highest BCUT2D eigenvalue weighted by Crippen LogP contribution is 2.25. The summed E-state index contributed by atoms with van der Waals surface area (Å²) in [5, 5.41) is 1.12. The average molecular weight is 322 g/mol. The van der Waals surface area contributed by atoms with Gasteiger partial charge in [-0.2, -0.15) is 17.4 Å². The fraction of sp³-hybridized carbons (Fsp3) is 0.467. The van der Waals surface area contributed by atoms with Crippen LogP contribution in [0.3, 0.4) is 0 Å². The van der Waals surface area contributed by atoms with Crippen LogP contribution in [0.15, 0.2) is 24.4 Å². The Kier molecular flexibility index (Phi) is 3.76. The van der Waals surface area contributed by atoms with Crippen LogP contribution in [-0.4, -0.2) is 36.3 Å². The van der Waals surface area contributed by atoms with Crippen molar-refractivity contribution in [3.05, 3.63) is 35.5 Å². The zero-order chi connectivity index (χ0) is 16.0. The van der Waals surface area contributed by atoms with Crippen molar-refractivity contribution in [3.63, 3.8) is 0 Å². The molecule has 0 aliphatic carbocycles. The monoisotopic (exact) mass is 322 g/mol. The number of nitrogens with zero attached hydrogens (tertiary/aromatic N) is 1. The Labute approximate surface area is 130 Å². The fourth-order valence-corrected chi connectivity index (χ4v) is 4.71. The summed E-state index contributed by atoms with van der Waals surface area (Å²) in [6.45, 7) is 5.21. The molecule has 3 rings (SSSR count). The highest BCUT2D eigenvalue weighted by Gasteiger charge is 2.40. The van der Waals surface area contributed by atoms with E-state index in [4.69, 9.17) is 5.73 Å². The number of aromatic amines is 1. The van der Waals surface area contributed by atoms with Gasteiger partial charge in [-0.05, 0) is 50.1 Å². The Morgan fingerprint density at radius 3 is 2.77 bits per heavy atom. The summed E-state index contributed by atoms with van der Waals surface area (Å²) in [5.41, 5.74) is 8.41. The van der Waals surface area contributed by atoms with E-state index in [1.165, 1.54) is 9.87 Å². The first-order valence-electron chi connectivity index (χ1n) is 7.39. The van der Waals surface area contributed by atoms with Gasteiger partial charge in [0.15, 0.2) is 0 Å². The Morgan fingerprint density at radius 1 is 1.36 bits per heavy atom. The summed E-state index contributed by atoms with van der Waals surface area (Å²) < 4.78 is 28.5. The first kappa shape index (κ1) is 15.5. The Hall–Kier alpha value is -1.41. The van der Waals surface area contributed by atoms with Crippen molar-refractivity contribution in [3.8, 4) is 0 Å². The van der Waals surface area contributed by atoms with Gasteiger partial charge in [0.2, 0.25) is 0 Å². The van der Waals surface area contributed by atoms with Crippen molar-refractivity contribution in [1.82, 2.24) is 14.0 Å². The zero-order valence-corrected chi connectivity index (χ0v) is 13.7. The zero-order valence-electron chi connectivity index (χ0n) is 12.9. The van der Waals surface area contributed by atoms with Crippen LogP contribution in [0.4, 0.5) is 0 Å². The topological polar surface area (TPSA) is 91.2 Å². The van der Waals surface area contributed by atoms with Crippen molar-refractivity contribution in [1.29, 1.82) is 0 Å². The maximum atomic E-state index is 12.2. The SMILES string of the molecule is CC1(C)CN(Cc2ccc3[nH]cc(CCN)c3c2)S(=O)(=O)N1. The minimum atomic E-state index is -3.40. The standard InChI is InChI=1S/C15H22N4O2S/c1-15(2)10-19(22(20,21)18-15)9-11-3-4-14-13(7-11)12(5-6-16)8-17-14/h3-4,7-8,17-18H,5-6,9-10,16H2,1-2H3. The van der Waals surface area contributed by atoms with E-state index in [0.29, 0.717) is 19.6 Å². The van der Waals surface area contributed by atoms with Gasteiger partial charge in [0.25, 0.3) is 10.2 Å². The molecule has 120 valence electrons. The van der Waals surface area contributed by atoms with E-state index in [9.17, 15) is 8.42 Å². The summed E-state index contributed by atoms with van der Waals surface area (Å²) in [4.78, 5) is 3.22. The first-order valence-corrected chi connectivity index (χ1v) is 8.83. The van der Waals surface area contributed by atoms with Gasteiger partial charge < -0.3 is 10.7 Å². The van der Waals surface area contributed by atoms with Crippen LogP contribution >= 0.6 is 0 Å². The van der Waals surface area contributed by atoms with Crippen molar-refractivity contribution in [2.75, 3.05) is 13.1 Å². The number of nitrogens with one attached hydrogen (secondary N) is 2. The average Bonchev–Trinajstić information content (AvgIpc) is 2.88. The molecular weight excluding hydrogens is 300 g/mol. The van der Waals surface area contributed by atoms with Crippen LogP contribution < -0.4 is 10.5 Å². The van der Waals surface area contributed by atoms with Crippen LogP contribution in [0.5, 0.6) is 0 Å². The second kappa shape index (κ2) is 5.34. The molecule has 22 heavy (non-hydrogen) atoms. The molecule has 1 aliphatic rings. The number of benzene rings is 1. The van der Waals surface area contributed by atoms with E-state index >= 15 is 0 Å². The fourth-order valence-electron chi connectivity index (χ4n) is 3.00. The Bertz CT molecular complexity index is 795. The molecule has 4 N–H and O–H groups in total. The third-order valence-corrected chi connectivity index (χ3v) is 5.67. The number of hydrogen-bond donors (Lipinski definition) is 3. The van der Waals surface area contributed by atoms with Crippen LogP contribution in [0.1, 0.15) is 25.0 Å². The van der Waals surface area contributed by atoms with E-state index in [1.807, 2.05) is 32.2 Å². The number of rotatable bonds is 4. The Balaban J connectivity index is 1.89. The molecule has 2 aromatic rings. The molecule has 1 aromatic heterocycles. The van der Waals surface area contributed by atoms with Gasteiger partial charge in [-0.1, -0.05) is 6.07 Å². The largest absolute Gasteiger partial charge is 0.361 e. The van der Waals surface area contributed by atoms with Crippen molar-refractivity contribution in [2.24, 2.45) is 5.73 Å². The lowest BCUT2D eigenvalue weighted by molar-refractivity contribution is 0.375. The summed E-state index contributed by atoms with van der Waals surface area (Å²) in [5.74, 6) is 0. The Morgan fingerprint density at radius 2 is 2.14 bits per heavy atom. The first-order chi connectivity index (χ1) is 10.3. The molecule has 0 radical (unpaired) electrons. The second-order valence-corrected chi connectivity index (χ2v) is 8.16. The maximum absolute atomic E-state index is 12.2. The maximum Gasteiger partial charge on any atom is 0.280 e. The van der Waals surface area contributed by atoms with Gasteiger partial charge in [-0.3, -0.25) is 0 Å². The molecule has 0 unspecified atom stereocenters. The molecule has 2 heterocycles. The summed E-state index contributed by atoms with van der Waals surface area (Å²) in [6.07, 6.45) is 2.78. The summed E-state index contributed by atoms with van der Waals surface area (Å²) in [7, 11) is -3.40. The quantitative estimate of drug-likeness (QED) is 0.787. The molecule has 0 amide bonds. The number of H-pyrrole nitrogens is 1. The van der Waals surface area contributed by atoms with Crippen LogP contribution in [-0.2, 0) is 23.2 Å². The smallest absolute Gasteiger partial charge is 0.280 e. The highest BCUT2D eigenvalue weighted by atomic mass is 32.2. The van der Waals surface area contributed by atoms with E-state index in [1.54, 1.807) is 0 Å². The number of nitrogens with two attached hydrogens (primary N) is 1. The minimum Gasteiger partial charge on any atom is -0.361 e. The van der Waals surface area contributed by atoms with Crippen LogP contribution in [0.25, 0.3) is 10.9 Å². The molecule has 1 aromatic carbocycles. The molecule has 0 spiro atoms. The third kappa shape index (κ3) is 2.89. The molecule has 6 nitrogen and oxygen atoms in total. The molecule has 0 atom stereocenters. The van der Waals surface area contributed by atoms with Gasteiger partial charge in [-0.25, -0.2) is 0 Å². The third-order valence-electron chi connectivity index (χ3n) is 3.92. The van der Waals surface area contributed by atoms with Crippen molar-refractivity contribution in [2.45, 2.75) is 32.4 Å². The normalized spacial score (nSPS) is 20.7. The predicted molar refractivity (Wildman–Crippen MR) is 87.6 cm³/mol. The van der Waals surface area contributed by atoms with E-state index < -0.39 is 15.7 Å². The van der Waals surface area contributed by atoms with Crippen molar-refractivity contribution < 1.29 is 8.42 Å². The van der Waals surface area contributed by atoms with Gasteiger partial charge in [0.1, 0.15) is 0 Å². The van der Waals surface area contributed by atoms with E-state index in [-0.39, 0.29) is 0 Å². The lowest BCUT2D eigenvalue weighted by Gasteiger charge is -2.15.